The number of hydrogen-bond donors (Lipinski definition) is 2. The maximum Gasteiger partial charge on any atom is 0.416 e. The van der Waals surface area contributed by atoms with E-state index in [1.807, 2.05) is 13.8 Å². The Morgan fingerprint density at radius 2 is 1.83 bits per heavy atom. The van der Waals surface area contributed by atoms with Crippen molar-refractivity contribution in [2.45, 2.75) is 59.3 Å². The SMILES string of the molecule is CC(C)[C@@H]1C[C@@H](C(=O)O)N(C(=O)[C@@H](Nc2cccc(C(F)(F)F)c2)C(C)(C)C)C1. The highest BCUT2D eigenvalue weighted by molar-refractivity contribution is 5.90. The van der Waals surface area contributed by atoms with Crippen molar-refractivity contribution in [3.63, 3.8) is 0 Å². The summed E-state index contributed by atoms with van der Waals surface area (Å²) in [5.41, 5.74) is -1.30. The van der Waals surface area contributed by atoms with Crippen molar-refractivity contribution in [1.82, 2.24) is 4.90 Å². The summed E-state index contributed by atoms with van der Waals surface area (Å²) in [7, 11) is 0. The second-order valence-corrected chi connectivity index (χ2v) is 9.11. The molecule has 1 amide bonds. The average molecular weight is 414 g/mol. The number of carbonyl (C=O) groups excluding carboxylic acids is 1. The van der Waals surface area contributed by atoms with Crippen LogP contribution in [0.4, 0.5) is 18.9 Å². The van der Waals surface area contributed by atoms with E-state index in [0.29, 0.717) is 13.0 Å². The van der Waals surface area contributed by atoms with E-state index in [4.69, 9.17) is 0 Å². The van der Waals surface area contributed by atoms with Gasteiger partial charge in [0.25, 0.3) is 0 Å². The molecule has 0 spiro atoms. The summed E-state index contributed by atoms with van der Waals surface area (Å²) in [4.78, 5) is 26.4. The van der Waals surface area contributed by atoms with E-state index < -0.39 is 41.1 Å². The third-order valence-corrected chi connectivity index (χ3v) is 5.46. The van der Waals surface area contributed by atoms with E-state index in [0.717, 1.165) is 12.1 Å². The zero-order valence-electron chi connectivity index (χ0n) is 17.4. The molecule has 1 aliphatic heterocycles. The molecule has 8 heteroatoms. The summed E-state index contributed by atoms with van der Waals surface area (Å²) in [6, 6.07) is 2.87. The molecular formula is C21H29F3N2O3. The molecule has 29 heavy (non-hydrogen) atoms. The zero-order valence-corrected chi connectivity index (χ0v) is 17.4. The second kappa shape index (κ2) is 8.24. The summed E-state index contributed by atoms with van der Waals surface area (Å²) in [5.74, 6) is -1.19. The molecule has 1 fully saturated rings. The zero-order chi connectivity index (χ0) is 22.1. The lowest BCUT2D eigenvalue weighted by atomic mass is 9.85. The van der Waals surface area contributed by atoms with Gasteiger partial charge in [0.15, 0.2) is 0 Å². The van der Waals surface area contributed by atoms with Gasteiger partial charge in [-0.05, 0) is 41.9 Å². The van der Waals surface area contributed by atoms with E-state index in [9.17, 15) is 27.9 Å². The third kappa shape index (κ3) is 5.42. The molecule has 0 aliphatic carbocycles. The molecule has 3 atom stereocenters. The van der Waals surface area contributed by atoms with Crippen LogP contribution in [0.1, 0.15) is 46.6 Å². The quantitative estimate of drug-likeness (QED) is 0.745. The summed E-state index contributed by atoms with van der Waals surface area (Å²) in [6.07, 6.45) is -4.12. The minimum atomic E-state index is -4.49. The third-order valence-electron chi connectivity index (χ3n) is 5.46. The predicted molar refractivity (Wildman–Crippen MR) is 104 cm³/mol. The number of carbonyl (C=O) groups is 2. The first-order chi connectivity index (χ1) is 13.2. The van der Waals surface area contributed by atoms with Gasteiger partial charge in [-0.25, -0.2) is 4.79 Å². The van der Waals surface area contributed by atoms with Crippen LogP contribution in [0, 0.1) is 17.3 Å². The predicted octanol–water partition coefficient (Wildman–Crippen LogP) is 4.49. The molecule has 0 aromatic heterocycles. The highest BCUT2D eigenvalue weighted by atomic mass is 19.4. The maximum absolute atomic E-state index is 13.3. The fourth-order valence-electron chi connectivity index (χ4n) is 3.60. The Morgan fingerprint density at radius 1 is 1.21 bits per heavy atom. The highest BCUT2D eigenvalue weighted by Crippen LogP contribution is 2.34. The van der Waals surface area contributed by atoms with Crippen molar-refractivity contribution in [2.24, 2.45) is 17.3 Å². The lowest BCUT2D eigenvalue weighted by molar-refractivity contribution is -0.149. The molecular weight excluding hydrogens is 385 g/mol. The first kappa shape index (κ1) is 23.0. The van der Waals surface area contributed by atoms with Crippen LogP contribution in [0.5, 0.6) is 0 Å². The lowest BCUT2D eigenvalue weighted by Crippen LogP contribution is -2.52. The van der Waals surface area contributed by atoms with Crippen LogP contribution in [-0.2, 0) is 15.8 Å². The van der Waals surface area contributed by atoms with Gasteiger partial charge < -0.3 is 15.3 Å². The van der Waals surface area contributed by atoms with E-state index in [1.165, 1.54) is 17.0 Å². The van der Waals surface area contributed by atoms with Crippen molar-refractivity contribution in [3.8, 4) is 0 Å². The van der Waals surface area contributed by atoms with Crippen LogP contribution in [0.2, 0.25) is 0 Å². The van der Waals surface area contributed by atoms with Crippen LogP contribution in [0.3, 0.4) is 0 Å². The molecule has 1 saturated heterocycles. The van der Waals surface area contributed by atoms with Gasteiger partial charge >= 0.3 is 12.1 Å². The topological polar surface area (TPSA) is 69.6 Å². The lowest BCUT2D eigenvalue weighted by Gasteiger charge is -2.35. The van der Waals surface area contributed by atoms with E-state index in [1.54, 1.807) is 20.8 Å². The van der Waals surface area contributed by atoms with Gasteiger partial charge in [-0.3, -0.25) is 4.79 Å². The standard InChI is InChI=1S/C21H29F3N2O3/c1-12(2)13-9-16(19(28)29)26(11-13)18(27)17(20(3,4)5)25-15-8-6-7-14(10-15)21(22,23)24/h6-8,10,12-13,16-17,25H,9,11H2,1-5H3,(H,28,29)/t13-,16+,17-/m1/s1. The summed E-state index contributed by atoms with van der Waals surface area (Å²) in [5, 5.41) is 12.5. The Hall–Kier alpha value is -2.25. The van der Waals surface area contributed by atoms with Crippen LogP contribution >= 0.6 is 0 Å². The largest absolute Gasteiger partial charge is 0.480 e. The molecule has 0 unspecified atom stereocenters. The number of benzene rings is 1. The van der Waals surface area contributed by atoms with E-state index in [2.05, 4.69) is 5.32 Å². The van der Waals surface area contributed by atoms with Gasteiger partial charge in [-0.15, -0.1) is 0 Å². The molecule has 2 rings (SSSR count). The number of halogens is 3. The molecule has 1 aromatic carbocycles. The minimum absolute atomic E-state index is 0.0641. The first-order valence-electron chi connectivity index (χ1n) is 9.69. The number of alkyl halides is 3. The summed E-state index contributed by atoms with van der Waals surface area (Å²) < 4.78 is 39.1. The van der Waals surface area contributed by atoms with Crippen molar-refractivity contribution in [1.29, 1.82) is 0 Å². The van der Waals surface area contributed by atoms with Gasteiger partial charge in [-0.2, -0.15) is 13.2 Å². The number of nitrogens with zero attached hydrogens (tertiary/aromatic N) is 1. The van der Waals surface area contributed by atoms with Gasteiger partial charge in [0.2, 0.25) is 5.91 Å². The van der Waals surface area contributed by atoms with Gasteiger partial charge in [-0.1, -0.05) is 40.7 Å². The Bertz CT molecular complexity index is 756. The molecule has 1 aromatic rings. The van der Waals surface area contributed by atoms with Gasteiger partial charge in [0, 0.05) is 12.2 Å². The number of amides is 1. The van der Waals surface area contributed by atoms with Crippen LogP contribution in [0.25, 0.3) is 0 Å². The van der Waals surface area contributed by atoms with Crippen molar-refractivity contribution >= 4 is 17.6 Å². The number of carboxylic acids is 1. The van der Waals surface area contributed by atoms with Gasteiger partial charge in [0.05, 0.1) is 5.56 Å². The second-order valence-electron chi connectivity index (χ2n) is 9.11. The number of carboxylic acid groups (broad SMARTS) is 1. The number of aliphatic carboxylic acids is 1. The monoisotopic (exact) mass is 414 g/mol. The normalized spacial score (nSPS) is 21.3. The Balaban J connectivity index is 2.33. The fourth-order valence-corrected chi connectivity index (χ4v) is 3.60. The van der Waals surface area contributed by atoms with Crippen molar-refractivity contribution < 1.29 is 27.9 Å². The van der Waals surface area contributed by atoms with Crippen LogP contribution < -0.4 is 5.32 Å². The number of rotatable bonds is 5. The number of likely N-dealkylation sites (tertiary alicyclic amines) is 1. The number of anilines is 1. The van der Waals surface area contributed by atoms with E-state index >= 15 is 0 Å². The van der Waals surface area contributed by atoms with Gasteiger partial charge in [0.1, 0.15) is 12.1 Å². The summed E-state index contributed by atoms with van der Waals surface area (Å²) >= 11 is 0. The fraction of sp³-hybridized carbons (Fsp3) is 0.619. The summed E-state index contributed by atoms with van der Waals surface area (Å²) in [6.45, 7) is 9.68. The molecule has 5 nitrogen and oxygen atoms in total. The smallest absolute Gasteiger partial charge is 0.416 e. The Morgan fingerprint density at radius 3 is 2.31 bits per heavy atom. The van der Waals surface area contributed by atoms with Crippen LogP contribution in [-0.4, -0.2) is 40.5 Å². The number of nitrogens with one attached hydrogen (secondary N) is 1. The minimum Gasteiger partial charge on any atom is -0.480 e. The molecule has 0 radical (unpaired) electrons. The molecule has 162 valence electrons. The Labute approximate surface area is 169 Å². The highest BCUT2D eigenvalue weighted by Gasteiger charge is 2.45. The molecule has 1 heterocycles. The molecule has 0 bridgehead atoms. The maximum atomic E-state index is 13.3. The number of hydrogen-bond acceptors (Lipinski definition) is 3. The average Bonchev–Trinajstić information content (AvgIpc) is 3.03. The molecule has 1 aliphatic rings. The Kier molecular flexibility index (Phi) is 6.55. The van der Waals surface area contributed by atoms with Crippen molar-refractivity contribution in [2.75, 3.05) is 11.9 Å². The molecule has 2 N–H and O–H groups in total. The van der Waals surface area contributed by atoms with Crippen molar-refractivity contribution in [3.05, 3.63) is 29.8 Å². The first-order valence-corrected chi connectivity index (χ1v) is 9.69. The van der Waals surface area contributed by atoms with E-state index in [-0.39, 0.29) is 17.5 Å². The molecule has 0 saturated carbocycles. The van der Waals surface area contributed by atoms with Crippen LogP contribution in [0.15, 0.2) is 24.3 Å².